The van der Waals surface area contributed by atoms with E-state index in [0.29, 0.717) is 5.82 Å². The number of aromatic nitrogens is 2. The van der Waals surface area contributed by atoms with Crippen LogP contribution in [0.3, 0.4) is 0 Å². The van der Waals surface area contributed by atoms with Crippen molar-refractivity contribution >= 4 is 17.3 Å². The Hall–Kier alpha value is -2.10. The first kappa shape index (κ1) is 11.4. The van der Waals surface area contributed by atoms with Crippen LogP contribution in [0.4, 0.5) is 17.3 Å². The Bertz CT molecular complexity index is 482. The average Bonchev–Trinajstić information content (AvgIpc) is 2.30. The molecule has 0 saturated heterocycles. The number of benzene rings is 1. The first-order valence-electron chi connectivity index (χ1n) is 5.73. The molecule has 3 N–H and O–H groups in total. The third-order valence-electron chi connectivity index (χ3n) is 2.31. The van der Waals surface area contributed by atoms with Crippen LogP contribution in [0.1, 0.15) is 19.2 Å². The van der Waals surface area contributed by atoms with Crippen LogP contribution < -0.4 is 11.1 Å². The molecule has 0 aliphatic carbocycles. The first-order chi connectivity index (χ1) is 8.28. The topological polar surface area (TPSA) is 63.8 Å². The van der Waals surface area contributed by atoms with E-state index in [0.717, 1.165) is 30.2 Å². The van der Waals surface area contributed by atoms with Crippen molar-refractivity contribution in [1.29, 1.82) is 0 Å². The molecule has 0 atom stereocenters. The normalized spacial score (nSPS) is 10.2. The van der Waals surface area contributed by atoms with Crippen LogP contribution in [0.15, 0.2) is 36.4 Å². The van der Waals surface area contributed by atoms with Crippen LogP contribution in [0.25, 0.3) is 0 Å². The second-order valence-corrected chi connectivity index (χ2v) is 3.84. The van der Waals surface area contributed by atoms with Gasteiger partial charge in [-0.05, 0) is 18.6 Å². The molecule has 2 aromatic rings. The average molecular weight is 228 g/mol. The summed E-state index contributed by atoms with van der Waals surface area (Å²) in [7, 11) is 0. The van der Waals surface area contributed by atoms with Crippen molar-refractivity contribution in [3.8, 4) is 0 Å². The summed E-state index contributed by atoms with van der Waals surface area (Å²) >= 11 is 0. The molecule has 1 heterocycles. The second kappa shape index (κ2) is 5.30. The standard InChI is InChI=1S/C13H16N4/c1-2-6-12-16-11(14)9-13(17-12)15-10-7-4-3-5-8-10/h3-5,7-9H,2,6H2,1H3,(H3,14,15,16,17). The SMILES string of the molecule is CCCc1nc(N)cc(Nc2ccccc2)n1. The van der Waals surface area contributed by atoms with Gasteiger partial charge < -0.3 is 11.1 Å². The predicted molar refractivity (Wildman–Crippen MR) is 70.2 cm³/mol. The Labute approximate surface area is 101 Å². The fourth-order valence-electron chi connectivity index (χ4n) is 1.59. The molecule has 4 heteroatoms. The van der Waals surface area contributed by atoms with Gasteiger partial charge in [0.25, 0.3) is 0 Å². The maximum atomic E-state index is 5.75. The zero-order valence-electron chi connectivity index (χ0n) is 9.85. The quantitative estimate of drug-likeness (QED) is 0.844. The number of para-hydroxylation sites is 1. The smallest absolute Gasteiger partial charge is 0.136 e. The van der Waals surface area contributed by atoms with Crippen molar-refractivity contribution in [3.63, 3.8) is 0 Å². The summed E-state index contributed by atoms with van der Waals surface area (Å²) in [6.07, 6.45) is 1.85. The summed E-state index contributed by atoms with van der Waals surface area (Å²) in [6, 6.07) is 11.6. The maximum absolute atomic E-state index is 5.75. The Kier molecular flexibility index (Phi) is 3.55. The van der Waals surface area contributed by atoms with E-state index >= 15 is 0 Å². The van der Waals surface area contributed by atoms with Gasteiger partial charge in [-0.1, -0.05) is 25.1 Å². The van der Waals surface area contributed by atoms with Crippen LogP contribution in [-0.2, 0) is 6.42 Å². The number of hydrogen-bond acceptors (Lipinski definition) is 4. The molecule has 88 valence electrons. The molecule has 0 radical (unpaired) electrons. The van der Waals surface area contributed by atoms with Crippen molar-refractivity contribution < 1.29 is 0 Å². The fourth-order valence-corrected chi connectivity index (χ4v) is 1.59. The van der Waals surface area contributed by atoms with E-state index in [9.17, 15) is 0 Å². The lowest BCUT2D eigenvalue weighted by Gasteiger charge is -2.07. The number of nitrogens with two attached hydrogens (primary N) is 1. The second-order valence-electron chi connectivity index (χ2n) is 3.84. The molecule has 0 unspecified atom stereocenters. The van der Waals surface area contributed by atoms with Crippen molar-refractivity contribution in [2.24, 2.45) is 0 Å². The van der Waals surface area contributed by atoms with Crippen molar-refractivity contribution in [3.05, 3.63) is 42.2 Å². The van der Waals surface area contributed by atoms with Crippen molar-refractivity contribution in [2.45, 2.75) is 19.8 Å². The van der Waals surface area contributed by atoms with E-state index in [4.69, 9.17) is 5.73 Å². The highest BCUT2D eigenvalue weighted by atomic mass is 15.0. The number of nitrogens with one attached hydrogen (secondary N) is 1. The molecule has 17 heavy (non-hydrogen) atoms. The molecule has 0 fully saturated rings. The Morgan fingerprint density at radius 3 is 2.65 bits per heavy atom. The zero-order chi connectivity index (χ0) is 12.1. The fraction of sp³-hybridized carbons (Fsp3) is 0.231. The molecule has 0 bridgehead atoms. The van der Waals surface area contributed by atoms with Crippen LogP contribution >= 0.6 is 0 Å². The molecule has 1 aromatic carbocycles. The van der Waals surface area contributed by atoms with E-state index in [1.165, 1.54) is 0 Å². The lowest BCUT2D eigenvalue weighted by molar-refractivity contribution is 0.839. The number of aryl methyl sites for hydroxylation is 1. The van der Waals surface area contributed by atoms with E-state index in [1.54, 1.807) is 6.07 Å². The van der Waals surface area contributed by atoms with Gasteiger partial charge in [0.05, 0.1) is 0 Å². The highest BCUT2D eigenvalue weighted by Gasteiger charge is 2.02. The summed E-state index contributed by atoms with van der Waals surface area (Å²) in [5.41, 5.74) is 6.75. The van der Waals surface area contributed by atoms with E-state index in [-0.39, 0.29) is 0 Å². The van der Waals surface area contributed by atoms with Gasteiger partial charge in [0.1, 0.15) is 17.5 Å². The monoisotopic (exact) mass is 228 g/mol. The lowest BCUT2D eigenvalue weighted by Crippen LogP contribution is -2.03. The Morgan fingerprint density at radius 1 is 1.18 bits per heavy atom. The van der Waals surface area contributed by atoms with Gasteiger partial charge in [-0.3, -0.25) is 0 Å². The van der Waals surface area contributed by atoms with Crippen LogP contribution in [0, 0.1) is 0 Å². The van der Waals surface area contributed by atoms with Gasteiger partial charge in [-0.25, -0.2) is 9.97 Å². The first-order valence-corrected chi connectivity index (χ1v) is 5.73. The van der Waals surface area contributed by atoms with Gasteiger partial charge in [-0.15, -0.1) is 0 Å². The summed E-state index contributed by atoms with van der Waals surface area (Å²) in [5, 5.41) is 3.21. The van der Waals surface area contributed by atoms with Gasteiger partial charge >= 0.3 is 0 Å². The van der Waals surface area contributed by atoms with Crippen molar-refractivity contribution in [1.82, 2.24) is 9.97 Å². The minimum atomic E-state index is 0.502. The number of rotatable bonds is 4. The molecule has 4 nitrogen and oxygen atoms in total. The molecule has 2 rings (SSSR count). The molecule has 0 aliphatic heterocycles. The van der Waals surface area contributed by atoms with E-state index < -0.39 is 0 Å². The Morgan fingerprint density at radius 2 is 1.94 bits per heavy atom. The summed E-state index contributed by atoms with van der Waals surface area (Å²) in [4.78, 5) is 8.61. The molecule has 0 aliphatic rings. The van der Waals surface area contributed by atoms with E-state index in [1.807, 2.05) is 30.3 Å². The van der Waals surface area contributed by atoms with Crippen LogP contribution in [0.2, 0.25) is 0 Å². The van der Waals surface area contributed by atoms with Crippen molar-refractivity contribution in [2.75, 3.05) is 11.1 Å². The van der Waals surface area contributed by atoms with Crippen LogP contribution in [-0.4, -0.2) is 9.97 Å². The van der Waals surface area contributed by atoms with Gasteiger partial charge in [0.2, 0.25) is 0 Å². The molecule has 0 amide bonds. The van der Waals surface area contributed by atoms with Gasteiger partial charge in [0, 0.05) is 18.2 Å². The predicted octanol–water partition coefficient (Wildman–Crippen LogP) is 2.75. The minimum Gasteiger partial charge on any atom is -0.384 e. The van der Waals surface area contributed by atoms with Gasteiger partial charge in [0.15, 0.2) is 0 Å². The van der Waals surface area contributed by atoms with Crippen LogP contribution in [0.5, 0.6) is 0 Å². The third-order valence-corrected chi connectivity index (χ3v) is 2.31. The third kappa shape index (κ3) is 3.17. The Balaban J connectivity index is 2.21. The highest BCUT2D eigenvalue weighted by Crippen LogP contribution is 2.16. The summed E-state index contributed by atoms with van der Waals surface area (Å²) in [5.74, 6) is 2.03. The largest absolute Gasteiger partial charge is 0.384 e. The maximum Gasteiger partial charge on any atom is 0.136 e. The number of anilines is 3. The van der Waals surface area contributed by atoms with Gasteiger partial charge in [-0.2, -0.15) is 0 Å². The molecular formula is C13H16N4. The summed E-state index contributed by atoms with van der Waals surface area (Å²) < 4.78 is 0. The molecule has 0 saturated carbocycles. The minimum absolute atomic E-state index is 0.502. The number of hydrogen-bond donors (Lipinski definition) is 2. The number of nitrogens with zero attached hydrogens (tertiary/aromatic N) is 2. The molecule has 1 aromatic heterocycles. The number of nitrogen functional groups attached to an aromatic ring is 1. The van der Waals surface area contributed by atoms with E-state index in [2.05, 4.69) is 22.2 Å². The molecule has 0 spiro atoms. The zero-order valence-corrected chi connectivity index (χ0v) is 9.85. The summed E-state index contributed by atoms with van der Waals surface area (Å²) in [6.45, 7) is 2.09. The lowest BCUT2D eigenvalue weighted by atomic mass is 10.3. The highest BCUT2D eigenvalue weighted by molar-refractivity contribution is 5.58. The molecular weight excluding hydrogens is 212 g/mol.